The molecule has 1 atom stereocenters. The Kier molecular flexibility index (Phi) is 2.99. The molecule has 1 aromatic rings. The number of nitrogens with zero attached hydrogens (tertiary/aromatic N) is 1. The molecule has 14 heavy (non-hydrogen) atoms. The third kappa shape index (κ3) is 1.80. The summed E-state index contributed by atoms with van der Waals surface area (Å²) in [5.41, 5.74) is 0.927. The summed E-state index contributed by atoms with van der Waals surface area (Å²) in [7, 11) is 0. The summed E-state index contributed by atoms with van der Waals surface area (Å²) in [6.07, 6.45) is 0.284. The van der Waals surface area contributed by atoms with Crippen LogP contribution >= 0.6 is 0 Å². The van der Waals surface area contributed by atoms with Gasteiger partial charge in [-0.05, 0) is 12.5 Å². The van der Waals surface area contributed by atoms with E-state index >= 15 is 0 Å². The van der Waals surface area contributed by atoms with Crippen molar-refractivity contribution in [3.05, 3.63) is 52.1 Å². The quantitative estimate of drug-likeness (QED) is 0.454. The van der Waals surface area contributed by atoms with Crippen molar-refractivity contribution in [3.63, 3.8) is 0 Å². The van der Waals surface area contributed by atoms with Crippen LogP contribution in [-0.4, -0.2) is 10.0 Å². The van der Waals surface area contributed by atoms with E-state index in [0.29, 0.717) is 11.1 Å². The zero-order valence-electron chi connectivity index (χ0n) is 7.80. The van der Waals surface area contributed by atoms with Gasteiger partial charge < -0.3 is 5.11 Å². The van der Waals surface area contributed by atoms with Gasteiger partial charge in [-0.25, -0.2) is 0 Å². The SMILES string of the molecule is C=CC(O)c1c(C)cccc1[N+](=O)[O-]. The molecule has 0 radical (unpaired) electrons. The van der Waals surface area contributed by atoms with Gasteiger partial charge in [0, 0.05) is 6.07 Å². The molecule has 1 rings (SSSR count). The molecule has 0 aromatic heterocycles. The van der Waals surface area contributed by atoms with Crippen LogP contribution in [0.3, 0.4) is 0 Å². The first-order valence-electron chi connectivity index (χ1n) is 4.12. The summed E-state index contributed by atoms with van der Waals surface area (Å²) in [6.45, 7) is 5.12. The van der Waals surface area contributed by atoms with Crippen molar-refractivity contribution < 1.29 is 10.0 Å². The van der Waals surface area contributed by atoms with E-state index in [9.17, 15) is 15.2 Å². The van der Waals surface area contributed by atoms with Crippen LogP contribution in [0.15, 0.2) is 30.9 Å². The minimum Gasteiger partial charge on any atom is -0.384 e. The van der Waals surface area contributed by atoms with Crippen LogP contribution in [0.25, 0.3) is 0 Å². The monoisotopic (exact) mass is 193 g/mol. The lowest BCUT2D eigenvalue weighted by molar-refractivity contribution is -0.386. The van der Waals surface area contributed by atoms with E-state index in [-0.39, 0.29) is 5.69 Å². The number of aliphatic hydroxyl groups is 1. The van der Waals surface area contributed by atoms with Crippen LogP contribution in [-0.2, 0) is 0 Å². The van der Waals surface area contributed by atoms with Gasteiger partial charge in [0.1, 0.15) is 6.10 Å². The van der Waals surface area contributed by atoms with Crippen molar-refractivity contribution in [2.75, 3.05) is 0 Å². The van der Waals surface area contributed by atoms with Gasteiger partial charge in [-0.3, -0.25) is 10.1 Å². The van der Waals surface area contributed by atoms with Gasteiger partial charge in [-0.15, -0.1) is 6.58 Å². The summed E-state index contributed by atoms with van der Waals surface area (Å²) in [5, 5.41) is 20.2. The minimum atomic E-state index is -0.989. The fourth-order valence-corrected chi connectivity index (χ4v) is 1.33. The number of nitro benzene ring substituents is 1. The van der Waals surface area contributed by atoms with Crippen LogP contribution in [0.4, 0.5) is 5.69 Å². The molecule has 0 bridgehead atoms. The van der Waals surface area contributed by atoms with Gasteiger partial charge in [0.15, 0.2) is 0 Å². The molecular formula is C10H11NO3. The smallest absolute Gasteiger partial charge is 0.275 e. The molecule has 4 nitrogen and oxygen atoms in total. The molecule has 74 valence electrons. The van der Waals surface area contributed by atoms with E-state index in [1.807, 2.05) is 0 Å². The lowest BCUT2D eigenvalue weighted by Gasteiger charge is -2.09. The van der Waals surface area contributed by atoms with E-state index in [0.717, 1.165) is 0 Å². The third-order valence-electron chi connectivity index (χ3n) is 2.02. The molecule has 1 unspecified atom stereocenters. The summed E-state index contributed by atoms with van der Waals surface area (Å²) in [4.78, 5) is 10.1. The number of aryl methyl sites for hydroxylation is 1. The highest BCUT2D eigenvalue weighted by atomic mass is 16.6. The van der Waals surface area contributed by atoms with Crippen molar-refractivity contribution >= 4 is 5.69 Å². The lowest BCUT2D eigenvalue weighted by Crippen LogP contribution is -2.02. The molecule has 0 aliphatic carbocycles. The van der Waals surface area contributed by atoms with E-state index in [1.54, 1.807) is 19.1 Å². The van der Waals surface area contributed by atoms with E-state index < -0.39 is 11.0 Å². The predicted molar refractivity (Wildman–Crippen MR) is 53.0 cm³/mol. The van der Waals surface area contributed by atoms with Crippen molar-refractivity contribution in [2.45, 2.75) is 13.0 Å². The number of hydrogen-bond donors (Lipinski definition) is 1. The predicted octanol–water partition coefficient (Wildman–Crippen LogP) is 2.12. The van der Waals surface area contributed by atoms with Crippen molar-refractivity contribution in [2.24, 2.45) is 0 Å². The fourth-order valence-electron chi connectivity index (χ4n) is 1.33. The number of nitro groups is 1. The van der Waals surface area contributed by atoms with Crippen LogP contribution < -0.4 is 0 Å². The maximum absolute atomic E-state index is 10.7. The maximum Gasteiger partial charge on any atom is 0.275 e. The number of hydrogen-bond acceptors (Lipinski definition) is 3. The van der Waals surface area contributed by atoms with Crippen molar-refractivity contribution in [1.29, 1.82) is 0 Å². The number of aliphatic hydroxyl groups excluding tert-OH is 1. The number of rotatable bonds is 3. The van der Waals surface area contributed by atoms with Crippen LogP contribution in [0.1, 0.15) is 17.2 Å². The molecule has 0 amide bonds. The molecular weight excluding hydrogens is 182 g/mol. The number of benzene rings is 1. The Morgan fingerprint density at radius 3 is 2.79 bits per heavy atom. The Morgan fingerprint density at radius 1 is 1.64 bits per heavy atom. The second-order valence-corrected chi connectivity index (χ2v) is 2.95. The molecule has 4 heteroatoms. The molecule has 0 fully saturated rings. The molecule has 0 heterocycles. The summed E-state index contributed by atoms with van der Waals surface area (Å²) in [6, 6.07) is 4.68. The van der Waals surface area contributed by atoms with Crippen LogP contribution in [0.5, 0.6) is 0 Å². The summed E-state index contributed by atoms with van der Waals surface area (Å²) in [5.74, 6) is 0. The molecule has 0 saturated heterocycles. The van der Waals surface area contributed by atoms with Gasteiger partial charge in [0.25, 0.3) is 5.69 Å². The maximum atomic E-state index is 10.7. The molecule has 1 aromatic carbocycles. The average Bonchev–Trinajstić information content (AvgIpc) is 2.16. The van der Waals surface area contributed by atoms with Crippen LogP contribution in [0.2, 0.25) is 0 Å². The highest BCUT2D eigenvalue weighted by molar-refractivity contribution is 5.47. The molecule has 0 spiro atoms. The van der Waals surface area contributed by atoms with Crippen molar-refractivity contribution in [1.82, 2.24) is 0 Å². The topological polar surface area (TPSA) is 63.4 Å². The zero-order valence-corrected chi connectivity index (χ0v) is 7.80. The fraction of sp³-hybridized carbons (Fsp3) is 0.200. The first kappa shape index (κ1) is 10.4. The van der Waals surface area contributed by atoms with Gasteiger partial charge in [0.2, 0.25) is 0 Å². The Balaban J connectivity index is 3.36. The largest absolute Gasteiger partial charge is 0.384 e. The van der Waals surface area contributed by atoms with E-state index in [4.69, 9.17) is 0 Å². The van der Waals surface area contributed by atoms with Crippen LogP contribution in [0, 0.1) is 17.0 Å². The lowest BCUT2D eigenvalue weighted by atomic mass is 10.0. The normalized spacial score (nSPS) is 12.1. The average molecular weight is 193 g/mol. The Labute approximate surface area is 81.6 Å². The van der Waals surface area contributed by atoms with Gasteiger partial charge >= 0.3 is 0 Å². The first-order valence-corrected chi connectivity index (χ1v) is 4.12. The first-order chi connectivity index (χ1) is 6.57. The second kappa shape index (κ2) is 4.02. The molecule has 1 N–H and O–H groups in total. The molecule has 0 saturated carbocycles. The molecule has 0 aliphatic heterocycles. The summed E-state index contributed by atoms with van der Waals surface area (Å²) >= 11 is 0. The van der Waals surface area contributed by atoms with Gasteiger partial charge in [-0.2, -0.15) is 0 Å². The zero-order chi connectivity index (χ0) is 10.7. The summed E-state index contributed by atoms with van der Waals surface area (Å²) < 4.78 is 0. The van der Waals surface area contributed by atoms with E-state index in [2.05, 4.69) is 6.58 Å². The Morgan fingerprint density at radius 2 is 2.29 bits per heavy atom. The highest BCUT2D eigenvalue weighted by Crippen LogP contribution is 2.28. The standard InChI is InChI=1S/C10H11NO3/c1-3-9(12)10-7(2)5-4-6-8(10)11(13)14/h3-6,9,12H,1H2,2H3. The highest BCUT2D eigenvalue weighted by Gasteiger charge is 2.19. The minimum absolute atomic E-state index is 0.0719. The third-order valence-corrected chi connectivity index (χ3v) is 2.02. The Bertz CT molecular complexity index is 374. The van der Waals surface area contributed by atoms with E-state index in [1.165, 1.54) is 12.1 Å². The molecule has 0 aliphatic rings. The van der Waals surface area contributed by atoms with Gasteiger partial charge in [0.05, 0.1) is 10.5 Å². The van der Waals surface area contributed by atoms with Crippen molar-refractivity contribution in [3.8, 4) is 0 Å². The second-order valence-electron chi connectivity index (χ2n) is 2.95. The van der Waals surface area contributed by atoms with Gasteiger partial charge in [-0.1, -0.05) is 18.2 Å². The Hall–Kier alpha value is -1.68.